The van der Waals surface area contributed by atoms with Crippen LogP contribution in [0, 0.1) is 6.92 Å². The first-order valence-corrected chi connectivity index (χ1v) is 14.4. The lowest BCUT2D eigenvalue weighted by molar-refractivity contribution is 0.104. The number of phenols is 2. The Hall–Kier alpha value is -4.00. The van der Waals surface area contributed by atoms with Gasteiger partial charge in [-0.15, -0.1) is 0 Å². The van der Waals surface area contributed by atoms with Crippen molar-refractivity contribution in [2.24, 2.45) is 0 Å². The highest BCUT2D eigenvalue weighted by Crippen LogP contribution is 2.29. The normalized spacial score (nSPS) is 14.2. The zero-order chi connectivity index (χ0) is 28.8. The lowest BCUT2D eigenvalue weighted by atomic mass is 9.94. The molecule has 3 aromatic carbocycles. The molecule has 2 N–H and O–H groups in total. The number of piperidine rings is 1. The van der Waals surface area contributed by atoms with Gasteiger partial charge >= 0.3 is 0 Å². The number of likely N-dealkylation sites (tertiary alicyclic amines) is 1. The molecule has 210 valence electrons. The van der Waals surface area contributed by atoms with Crippen molar-refractivity contribution in [1.29, 1.82) is 0 Å². The maximum Gasteiger partial charge on any atom is 0.222 e. The fraction of sp³-hybridized carbons (Fsp3) is 0.265. The minimum absolute atomic E-state index is 0.0941. The highest BCUT2D eigenvalue weighted by molar-refractivity contribution is 6.28. The van der Waals surface area contributed by atoms with E-state index in [-0.39, 0.29) is 28.1 Å². The summed E-state index contributed by atoms with van der Waals surface area (Å²) in [7, 11) is 0. The van der Waals surface area contributed by atoms with Crippen LogP contribution in [0.2, 0.25) is 5.28 Å². The van der Waals surface area contributed by atoms with Crippen molar-refractivity contribution < 1.29 is 15.0 Å². The van der Waals surface area contributed by atoms with Crippen LogP contribution in [-0.2, 0) is 13.0 Å². The van der Waals surface area contributed by atoms with Gasteiger partial charge in [0.2, 0.25) is 5.28 Å². The molecule has 0 saturated carbocycles. The molecule has 0 aliphatic carbocycles. The Balaban J connectivity index is 1.41. The summed E-state index contributed by atoms with van der Waals surface area (Å²) >= 11 is 6.04. The van der Waals surface area contributed by atoms with Gasteiger partial charge in [-0.2, -0.15) is 0 Å². The first-order valence-electron chi connectivity index (χ1n) is 14.0. The van der Waals surface area contributed by atoms with E-state index in [4.69, 9.17) is 11.6 Å². The summed E-state index contributed by atoms with van der Waals surface area (Å²) in [5.41, 5.74) is 7.01. The summed E-state index contributed by atoms with van der Waals surface area (Å²) in [6, 6.07) is 20.6. The highest BCUT2D eigenvalue weighted by Gasteiger charge is 2.14. The van der Waals surface area contributed by atoms with E-state index in [0.717, 1.165) is 54.0 Å². The number of hydrogen-bond acceptors (Lipinski definition) is 6. The van der Waals surface area contributed by atoms with Crippen LogP contribution in [0.1, 0.15) is 58.3 Å². The van der Waals surface area contributed by atoms with Crippen LogP contribution in [0.15, 0.2) is 79.0 Å². The number of aromatic nitrogens is 2. The highest BCUT2D eigenvalue weighted by atomic mass is 35.5. The number of aromatic hydroxyl groups is 2. The Morgan fingerprint density at radius 1 is 0.976 bits per heavy atom. The van der Waals surface area contributed by atoms with Crippen molar-refractivity contribution in [1.82, 2.24) is 14.9 Å². The van der Waals surface area contributed by atoms with Crippen LogP contribution in [0.5, 0.6) is 11.5 Å². The number of ketones is 1. The van der Waals surface area contributed by atoms with Crippen LogP contribution < -0.4 is 0 Å². The Morgan fingerprint density at radius 3 is 2.49 bits per heavy atom. The van der Waals surface area contributed by atoms with Crippen molar-refractivity contribution in [2.75, 3.05) is 13.1 Å². The summed E-state index contributed by atoms with van der Waals surface area (Å²) in [5.74, 6) is -0.662. The quantitative estimate of drug-likeness (QED) is 0.124. The minimum Gasteiger partial charge on any atom is -0.508 e. The van der Waals surface area contributed by atoms with E-state index in [9.17, 15) is 15.0 Å². The second-order valence-electron chi connectivity index (χ2n) is 10.6. The predicted molar refractivity (Wildman–Crippen MR) is 163 cm³/mol. The average molecular weight is 568 g/mol. The van der Waals surface area contributed by atoms with Gasteiger partial charge in [-0.05, 0) is 103 Å². The summed E-state index contributed by atoms with van der Waals surface area (Å²) in [6.45, 7) is 5.20. The molecular formula is C34H34ClN3O3. The molecule has 1 aliphatic rings. The van der Waals surface area contributed by atoms with E-state index in [1.165, 1.54) is 48.6 Å². The number of benzene rings is 3. The summed E-state index contributed by atoms with van der Waals surface area (Å²) in [5, 5.41) is 20.1. The first-order chi connectivity index (χ1) is 19.9. The van der Waals surface area contributed by atoms with E-state index in [2.05, 4.69) is 39.1 Å². The lowest BCUT2D eigenvalue weighted by Gasteiger charge is -2.26. The van der Waals surface area contributed by atoms with Crippen LogP contribution in [0.3, 0.4) is 0 Å². The number of halogens is 1. The molecule has 1 saturated heterocycles. The summed E-state index contributed by atoms with van der Waals surface area (Å²) in [6.07, 6.45) is 8.53. The Labute approximate surface area is 246 Å². The number of carbonyl (C=O) groups is 1. The van der Waals surface area contributed by atoms with Gasteiger partial charge in [-0.25, -0.2) is 9.97 Å². The van der Waals surface area contributed by atoms with Gasteiger partial charge in [-0.1, -0.05) is 55.0 Å². The Kier molecular flexibility index (Phi) is 9.12. The van der Waals surface area contributed by atoms with Gasteiger partial charge in [0.05, 0.1) is 11.3 Å². The van der Waals surface area contributed by atoms with E-state index in [0.29, 0.717) is 6.42 Å². The minimum atomic E-state index is -0.321. The molecule has 6 nitrogen and oxygen atoms in total. The summed E-state index contributed by atoms with van der Waals surface area (Å²) in [4.78, 5) is 24.2. The summed E-state index contributed by atoms with van der Waals surface area (Å²) < 4.78 is 0. The molecule has 0 unspecified atom stereocenters. The lowest BCUT2D eigenvalue weighted by Crippen LogP contribution is -2.29. The molecule has 1 aromatic heterocycles. The maximum absolute atomic E-state index is 13.3. The molecular weight excluding hydrogens is 534 g/mol. The molecule has 0 atom stereocenters. The van der Waals surface area contributed by atoms with Crippen molar-refractivity contribution in [3.05, 3.63) is 112 Å². The van der Waals surface area contributed by atoms with E-state index in [1.54, 1.807) is 12.3 Å². The monoisotopic (exact) mass is 567 g/mol. The van der Waals surface area contributed by atoms with Crippen molar-refractivity contribution in [2.45, 2.75) is 45.6 Å². The third-order valence-corrected chi connectivity index (χ3v) is 7.73. The largest absolute Gasteiger partial charge is 0.508 e. The SMILES string of the molecule is Cc1cnc(Cl)nc1-c1ccc(C(=CC(=O)c2ccc(O)cc2O)CCc2cccc(CN3CCCCC3)c2)cc1. The second kappa shape index (κ2) is 13.1. The van der Waals surface area contributed by atoms with Crippen LogP contribution >= 0.6 is 11.6 Å². The molecule has 5 rings (SSSR count). The molecule has 1 aliphatic heterocycles. The fourth-order valence-corrected chi connectivity index (χ4v) is 5.49. The van der Waals surface area contributed by atoms with Crippen LogP contribution in [-0.4, -0.2) is 44.0 Å². The van der Waals surface area contributed by atoms with Gasteiger partial charge in [0.1, 0.15) is 11.5 Å². The molecule has 0 radical (unpaired) electrons. The Morgan fingerprint density at radius 2 is 1.73 bits per heavy atom. The van der Waals surface area contributed by atoms with Crippen LogP contribution in [0.4, 0.5) is 0 Å². The van der Waals surface area contributed by atoms with Gasteiger partial charge in [0.15, 0.2) is 5.78 Å². The van der Waals surface area contributed by atoms with Crippen LogP contribution in [0.25, 0.3) is 16.8 Å². The van der Waals surface area contributed by atoms with Crippen molar-refractivity contribution in [3.8, 4) is 22.8 Å². The van der Waals surface area contributed by atoms with Gasteiger partial charge in [0.25, 0.3) is 0 Å². The number of phenolic OH excluding ortho intramolecular Hbond substituents is 2. The predicted octanol–water partition coefficient (Wildman–Crippen LogP) is 7.40. The topological polar surface area (TPSA) is 86.5 Å². The zero-order valence-electron chi connectivity index (χ0n) is 23.2. The zero-order valence-corrected chi connectivity index (χ0v) is 23.9. The third-order valence-electron chi connectivity index (χ3n) is 7.55. The number of rotatable bonds is 9. The average Bonchev–Trinajstić information content (AvgIpc) is 2.97. The first kappa shape index (κ1) is 28.5. The Bertz CT molecular complexity index is 1560. The molecule has 0 amide bonds. The molecule has 1 fully saturated rings. The van der Waals surface area contributed by atoms with Crippen molar-refractivity contribution in [3.63, 3.8) is 0 Å². The molecule has 4 aromatic rings. The maximum atomic E-state index is 13.3. The second-order valence-corrected chi connectivity index (χ2v) is 11.0. The number of aryl methyl sites for hydroxylation is 2. The number of nitrogens with zero attached hydrogens (tertiary/aromatic N) is 3. The smallest absolute Gasteiger partial charge is 0.222 e. The molecule has 0 bridgehead atoms. The molecule has 41 heavy (non-hydrogen) atoms. The molecule has 2 heterocycles. The van der Waals surface area contributed by atoms with E-state index in [1.807, 2.05) is 31.2 Å². The number of hydrogen-bond donors (Lipinski definition) is 2. The van der Waals surface area contributed by atoms with Gasteiger partial charge < -0.3 is 10.2 Å². The van der Waals surface area contributed by atoms with E-state index >= 15 is 0 Å². The molecule has 7 heteroatoms. The van der Waals surface area contributed by atoms with Gasteiger partial charge in [0, 0.05) is 24.4 Å². The number of allylic oxidation sites excluding steroid dienone is 2. The van der Waals surface area contributed by atoms with Crippen molar-refractivity contribution >= 4 is 23.0 Å². The van der Waals surface area contributed by atoms with Gasteiger partial charge in [-0.3, -0.25) is 9.69 Å². The third kappa shape index (κ3) is 7.40. The van der Waals surface area contributed by atoms with E-state index < -0.39 is 0 Å². The standard InChI is InChI=1S/C34H34ClN3O3/c1-23-21-36-34(35)37-33(23)27-12-10-26(11-13-27)28(19-31(40)30-15-14-29(39)20-32(30)41)9-8-24-6-5-7-25(18-24)22-38-16-3-2-4-17-38/h5-7,10-15,18-21,39,41H,2-4,8-9,16-17,22H2,1H3. The molecule has 0 spiro atoms. The fourth-order valence-electron chi connectivity index (χ4n) is 5.36. The number of carbonyl (C=O) groups excluding carboxylic acids is 1.